The summed E-state index contributed by atoms with van der Waals surface area (Å²) in [5, 5.41) is 5.64. The second-order valence-corrected chi connectivity index (χ2v) is 9.39. The van der Waals surface area contributed by atoms with Crippen LogP contribution in [0.25, 0.3) is 0 Å². The van der Waals surface area contributed by atoms with Crippen molar-refractivity contribution in [1.29, 1.82) is 0 Å². The summed E-state index contributed by atoms with van der Waals surface area (Å²) in [6.07, 6.45) is -0.694. The molecule has 0 saturated heterocycles. The SMILES string of the molecule is CC(C)[C@@H](NC(=O)OC(C)(C)C)C(=O)OCCNc1cccc2c1C(=O)c1ccccc1C2=O. The summed E-state index contributed by atoms with van der Waals surface area (Å²) >= 11 is 0. The van der Waals surface area contributed by atoms with Crippen LogP contribution in [0.1, 0.15) is 66.5 Å². The van der Waals surface area contributed by atoms with Gasteiger partial charge in [0.15, 0.2) is 11.6 Å². The Morgan fingerprint density at radius 1 is 0.912 bits per heavy atom. The number of ether oxygens (including phenoxy) is 2. The lowest BCUT2D eigenvalue weighted by atomic mass is 9.83. The molecule has 2 aromatic carbocycles. The molecule has 0 fully saturated rings. The molecule has 0 saturated carbocycles. The highest BCUT2D eigenvalue weighted by atomic mass is 16.6. The van der Waals surface area contributed by atoms with Crippen LogP contribution in [0.5, 0.6) is 0 Å². The van der Waals surface area contributed by atoms with Gasteiger partial charge < -0.3 is 20.1 Å². The summed E-state index contributed by atoms with van der Waals surface area (Å²) in [4.78, 5) is 50.5. The maximum Gasteiger partial charge on any atom is 0.408 e. The normalized spacial score (nSPS) is 13.6. The predicted molar refractivity (Wildman–Crippen MR) is 127 cm³/mol. The molecule has 0 heterocycles. The fourth-order valence-corrected chi connectivity index (χ4v) is 3.65. The molecule has 180 valence electrons. The minimum atomic E-state index is -0.866. The smallest absolute Gasteiger partial charge is 0.408 e. The summed E-state index contributed by atoms with van der Waals surface area (Å²) in [5.41, 5.74) is 1.22. The summed E-state index contributed by atoms with van der Waals surface area (Å²) in [6, 6.07) is 10.9. The number of ketones is 2. The van der Waals surface area contributed by atoms with E-state index in [0.29, 0.717) is 27.9 Å². The van der Waals surface area contributed by atoms with Gasteiger partial charge in [-0.3, -0.25) is 9.59 Å². The van der Waals surface area contributed by atoms with Gasteiger partial charge in [0.1, 0.15) is 18.2 Å². The molecule has 1 aliphatic rings. The van der Waals surface area contributed by atoms with Gasteiger partial charge in [0.05, 0.1) is 5.56 Å². The van der Waals surface area contributed by atoms with Gasteiger partial charge in [-0.1, -0.05) is 50.2 Å². The molecule has 2 aromatic rings. The summed E-state index contributed by atoms with van der Waals surface area (Å²) in [7, 11) is 0. The van der Waals surface area contributed by atoms with E-state index in [4.69, 9.17) is 9.47 Å². The molecule has 1 amide bonds. The summed E-state index contributed by atoms with van der Waals surface area (Å²) in [6.45, 7) is 9.00. The number of fused-ring (bicyclic) bond motifs is 2. The standard InChI is InChI=1S/C26H30N2O6/c1-15(2)21(28-25(32)34-26(3,4)5)24(31)33-14-13-27-19-12-8-11-18-20(19)23(30)17-10-7-6-9-16(17)22(18)29/h6-12,15,21,27H,13-14H2,1-5H3,(H,28,32)/t21-/m1/s1. The average molecular weight is 467 g/mol. The van der Waals surface area contributed by atoms with Gasteiger partial charge in [0.2, 0.25) is 0 Å². The molecule has 0 aromatic heterocycles. The molecule has 0 radical (unpaired) electrons. The lowest BCUT2D eigenvalue weighted by molar-refractivity contribution is -0.147. The molecule has 2 N–H and O–H groups in total. The van der Waals surface area contributed by atoms with Gasteiger partial charge >= 0.3 is 12.1 Å². The highest BCUT2D eigenvalue weighted by Crippen LogP contribution is 2.31. The summed E-state index contributed by atoms with van der Waals surface area (Å²) < 4.78 is 10.6. The van der Waals surface area contributed by atoms with E-state index >= 15 is 0 Å². The van der Waals surface area contributed by atoms with Gasteiger partial charge in [0, 0.05) is 28.9 Å². The Labute approximate surface area is 199 Å². The Bertz CT molecular complexity index is 1120. The second kappa shape index (κ2) is 10.1. The number of esters is 1. The molecule has 1 atom stereocenters. The Kier molecular flexibility index (Phi) is 7.39. The van der Waals surface area contributed by atoms with E-state index < -0.39 is 23.7 Å². The van der Waals surface area contributed by atoms with Crippen molar-refractivity contribution in [1.82, 2.24) is 5.32 Å². The highest BCUT2D eigenvalue weighted by Gasteiger charge is 2.31. The first-order valence-electron chi connectivity index (χ1n) is 11.2. The Morgan fingerprint density at radius 2 is 1.53 bits per heavy atom. The van der Waals surface area contributed by atoms with E-state index in [9.17, 15) is 19.2 Å². The van der Waals surface area contributed by atoms with Crippen LogP contribution in [-0.2, 0) is 14.3 Å². The van der Waals surface area contributed by atoms with Gasteiger partial charge in [-0.05, 0) is 32.8 Å². The van der Waals surface area contributed by atoms with Gasteiger partial charge in [-0.2, -0.15) is 0 Å². The quantitative estimate of drug-likeness (QED) is 0.400. The zero-order chi connectivity index (χ0) is 25.0. The van der Waals surface area contributed by atoms with Crippen LogP contribution in [0.3, 0.4) is 0 Å². The van der Waals surface area contributed by atoms with Gasteiger partial charge in [-0.25, -0.2) is 9.59 Å². The average Bonchev–Trinajstić information content (AvgIpc) is 2.77. The molecule has 3 rings (SSSR count). The minimum absolute atomic E-state index is 0.000440. The Morgan fingerprint density at radius 3 is 2.15 bits per heavy atom. The Hall–Kier alpha value is -3.68. The largest absolute Gasteiger partial charge is 0.462 e. The maximum absolute atomic E-state index is 13.1. The molecule has 8 heteroatoms. The zero-order valence-corrected chi connectivity index (χ0v) is 20.1. The first-order valence-corrected chi connectivity index (χ1v) is 11.2. The molecule has 0 unspecified atom stereocenters. The number of rotatable bonds is 7. The van der Waals surface area contributed by atoms with E-state index in [1.54, 1.807) is 77.1 Å². The van der Waals surface area contributed by atoms with Crippen LogP contribution in [0.15, 0.2) is 42.5 Å². The number of benzene rings is 2. The van der Waals surface area contributed by atoms with E-state index in [0.717, 1.165) is 0 Å². The fraction of sp³-hybridized carbons (Fsp3) is 0.385. The molecular weight excluding hydrogens is 436 g/mol. The van der Waals surface area contributed by atoms with E-state index in [1.807, 2.05) is 0 Å². The van der Waals surface area contributed by atoms with E-state index in [1.165, 1.54) is 0 Å². The topological polar surface area (TPSA) is 111 Å². The number of carbonyl (C=O) groups is 4. The van der Waals surface area contributed by atoms with Crippen molar-refractivity contribution >= 4 is 29.3 Å². The molecule has 0 spiro atoms. The third-order valence-electron chi connectivity index (χ3n) is 5.21. The first kappa shape index (κ1) is 25.0. The van der Waals surface area contributed by atoms with E-state index in [-0.39, 0.29) is 30.6 Å². The van der Waals surface area contributed by atoms with Crippen molar-refractivity contribution in [2.45, 2.75) is 46.3 Å². The van der Waals surface area contributed by atoms with Crippen molar-refractivity contribution in [3.63, 3.8) is 0 Å². The van der Waals surface area contributed by atoms with Crippen LogP contribution in [0.4, 0.5) is 10.5 Å². The minimum Gasteiger partial charge on any atom is -0.462 e. The number of hydrogen-bond donors (Lipinski definition) is 2. The monoisotopic (exact) mass is 466 g/mol. The van der Waals surface area contributed by atoms with Crippen molar-refractivity contribution in [3.05, 3.63) is 64.7 Å². The first-order chi connectivity index (χ1) is 16.0. The van der Waals surface area contributed by atoms with Gasteiger partial charge in [-0.15, -0.1) is 0 Å². The number of alkyl carbamates (subject to hydrolysis) is 1. The molecular formula is C26H30N2O6. The lowest BCUT2D eigenvalue weighted by Crippen LogP contribution is -2.47. The maximum atomic E-state index is 13.1. The molecule has 34 heavy (non-hydrogen) atoms. The van der Waals surface area contributed by atoms with Crippen LogP contribution in [-0.4, -0.2) is 48.4 Å². The lowest BCUT2D eigenvalue weighted by Gasteiger charge is -2.24. The number of nitrogens with one attached hydrogen (secondary N) is 2. The fourth-order valence-electron chi connectivity index (χ4n) is 3.65. The Balaban J connectivity index is 1.62. The van der Waals surface area contributed by atoms with Crippen LogP contribution in [0.2, 0.25) is 0 Å². The second-order valence-electron chi connectivity index (χ2n) is 9.39. The molecule has 0 bridgehead atoms. The van der Waals surface area contributed by atoms with Crippen molar-refractivity contribution in [2.75, 3.05) is 18.5 Å². The van der Waals surface area contributed by atoms with Crippen LogP contribution >= 0.6 is 0 Å². The van der Waals surface area contributed by atoms with E-state index in [2.05, 4.69) is 10.6 Å². The molecule has 0 aliphatic heterocycles. The van der Waals surface area contributed by atoms with Crippen LogP contribution < -0.4 is 10.6 Å². The third kappa shape index (κ3) is 5.62. The number of anilines is 1. The van der Waals surface area contributed by atoms with Crippen molar-refractivity contribution < 1.29 is 28.7 Å². The molecule has 1 aliphatic carbocycles. The number of amides is 1. The van der Waals surface area contributed by atoms with Crippen molar-refractivity contribution in [3.8, 4) is 0 Å². The highest BCUT2D eigenvalue weighted by molar-refractivity contribution is 6.30. The zero-order valence-electron chi connectivity index (χ0n) is 20.1. The number of carbonyl (C=O) groups excluding carboxylic acids is 4. The molecule has 8 nitrogen and oxygen atoms in total. The van der Waals surface area contributed by atoms with Gasteiger partial charge in [0.25, 0.3) is 0 Å². The van der Waals surface area contributed by atoms with Crippen LogP contribution in [0, 0.1) is 5.92 Å². The predicted octanol–water partition coefficient (Wildman–Crippen LogP) is 3.97. The van der Waals surface area contributed by atoms with Crippen molar-refractivity contribution in [2.24, 2.45) is 5.92 Å². The summed E-state index contributed by atoms with van der Waals surface area (Å²) in [5.74, 6) is -1.23. The third-order valence-corrected chi connectivity index (χ3v) is 5.21. The number of hydrogen-bond acceptors (Lipinski definition) is 7.